The van der Waals surface area contributed by atoms with Crippen molar-refractivity contribution in [3.8, 4) is 0 Å². The highest BCUT2D eigenvalue weighted by molar-refractivity contribution is 9.11. The molecule has 0 saturated carbocycles. The summed E-state index contributed by atoms with van der Waals surface area (Å²) in [7, 11) is 0. The fraction of sp³-hybridized carbons (Fsp3) is 0.214. The van der Waals surface area contributed by atoms with E-state index in [4.69, 9.17) is 5.41 Å². The third-order valence-electron chi connectivity index (χ3n) is 3.26. The van der Waals surface area contributed by atoms with Crippen LogP contribution in [-0.4, -0.2) is 17.3 Å². The lowest BCUT2D eigenvalue weighted by molar-refractivity contribution is 0.433. The number of thiophene rings is 1. The van der Waals surface area contributed by atoms with Crippen molar-refractivity contribution in [2.45, 2.75) is 13.0 Å². The topological polar surface area (TPSA) is 27.1 Å². The third kappa shape index (κ3) is 2.58. The second-order valence-electron chi connectivity index (χ2n) is 4.53. The van der Waals surface area contributed by atoms with Crippen LogP contribution in [0.15, 0.2) is 34.1 Å². The fourth-order valence-electron chi connectivity index (χ4n) is 2.28. The Bertz CT molecular complexity index is 638. The van der Waals surface area contributed by atoms with Gasteiger partial charge in [0.25, 0.3) is 0 Å². The van der Waals surface area contributed by atoms with Crippen molar-refractivity contribution in [1.82, 2.24) is 4.90 Å². The van der Waals surface area contributed by atoms with Crippen LogP contribution < -0.4 is 0 Å². The van der Waals surface area contributed by atoms with Gasteiger partial charge in [0.1, 0.15) is 11.7 Å². The van der Waals surface area contributed by atoms with Gasteiger partial charge in [0.2, 0.25) is 0 Å². The van der Waals surface area contributed by atoms with Gasteiger partial charge in [0, 0.05) is 23.5 Å². The molecule has 0 bridgehead atoms. The van der Waals surface area contributed by atoms with E-state index in [1.807, 2.05) is 11.0 Å². The van der Waals surface area contributed by atoms with E-state index in [1.165, 1.54) is 17.0 Å². The first kappa shape index (κ1) is 12.8. The SMILES string of the molecule is N=C1c2cc(F)ccc2CN1CCc1ccc(Br)s1. The number of rotatable bonds is 3. The van der Waals surface area contributed by atoms with Crippen LogP contribution in [0.25, 0.3) is 0 Å². The number of nitrogens with zero attached hydrogens (tertiary/aromatic N) is 1. The van der Waals surface area contributed by atoms with E-state index in [0.717, 1.165) is 27.9 Å². The van der Waals surface area contributed by atoms with E-state index in [2.05, 4.69) is 22.0 Å². The maximum atomic E-state index is 13.2. The zero-order valence-electron chi connectivity index (χ0n) is 10.1. The summed E-state index contributed by atoms with van der Waals surface area (Å²) in [5, 5.41) is 8.11. The predicted octanol–water partition coefficient (Wildman–Crippen LogP) is 4.03. The molecule has 1 aliphatic heterocycles. The Balaban J connectivity index is 1.70. The summed E-state index contributed by atoms with van der Waals surface area (Å²) in [6, 6.07) is 8.84. The van der Waals surface area contributed by atoms with Crippen LogP contribution in [0.3, 0.4) is 0 Å². The molecule has 0 spiro atoms. The van der Waals surface area contributed by atoms with Gasteiger partial charge in [-0.3, -0.25) is 5.41 Å². The number of hydrogen-bond donors (Lipinski definition) is 1. The summed E-state index contributed by atoms with van der Waals surface area (Å²) in [5.74, 6) is 0.164. The summed E-state index contributed by atoms with van der Waals surface area (Å²) in [6.07, 6.45) is 0.912. The first-order valence-electron chi connectivity index (χ1n) is 6.00. The van der Waals surface area contributed by atoms with Crippen LogP contribution in [0.5, 0.6) is 0 Å². The van der Waals surface area contributed by atoms with E-state index < -0.39 is 0 Å². The number of benzene rings is 1. The van der Waals surface area contributed by atoms with Crippen LogP contribution in [0, 0.1) is 11.2 Å². The van der Waals surface area contributed by atoms with Crippen LogP contribution in [0.1, 0.15) is 16.0 Å². The first-order chi connectivity index (χ1) is 9.13. The molecule has 0 amide bonds. The quantitative estimate of drug-likeness (QED) is 0.898. The molecule has 5 heteroatoms. The molecule has 2 heterocycles. The minimum absolute atomic E-state index is 0.271. The maximum absolute atomic E-state index is 13.2. The lowest BCUT2D eigenvalue weighted by atomic mass is 10.1. The lowest BCUT2D eigenvalue weighted by Crippen LogP contribution is -2.26. The molecule has 0 fully saturated rings. The number of hydrogen-bond acceptors (Lipinski definition) is 2. The smallest absolute Gasteiger partial charge is 0.128 e. The monoisotopic (exact) mass is 338 g/mol. The molecule has 19 heavy (non-hydrogen) atoms. The molecule has 0 radical (unpaired) electrons. The second-order valence-corrected chi connectivity index (χ2v) is 7.08. The Labute approximate surface area is 123 Å². The fourth-order valence-corrected chi connectivity index (χ4v) is 3.76. The zero-order chi connectivity index (χ0) is 13.4. The van der Waals surface area contributed by atoms with Gasteiger partial charge in [-0.2, -0.15) is 0 Å². The van der Waals surface area contributed by atoms with E-state index >= 15 is 0 Å². The highest BCUT2D eigenvalue weighted by atomic mass is 79.9. The second kappa shape index (κ2) is 5.06. The molecule has 1 aromatic carbocycles. The van der Waals surface area contributed by atoms with Gasteiger partial charge in [0.15, 0.2) is 0 Å². The van der Waals surface area contributed by atoms with Crippen molar-refractivity contribution in [1.29, 1.82) is 5.41 Å². The normalized spacial score (nSPS) is 14.0. The minimum Gasteiger partial charge on any atom is -0.352 e. The third-order valence-corrected chi connectivity index (χ3v) is 4.94. The summed E-state index contributed by atoms with van der Waals surface area (Å²) in [5.41, 5.74) is 1.77. The van der Waals surface area contributed by atoms with Gasteiger partial charge in [-0.05, 0) is 52.2 Å². The number of halogens is 2. The average molecular weight is 339 g/mol. The molecule has 3 rings (SSSR count). The standard InChI is InChI=1S/C14H12BrFN2S/c15-13-4-3-11(19-13)5-6-18-8-9-1-2-10(16)7-12(9)14(18)17/h1-4,7,17H,5-6,8H2. The van der Waals surface area contributed by atoms with Crippen LogP contribution in [0.4, 0.5) is 4.39 Å². The van der Waals surface area contributed by atoms with E-state index in [9.17, 15) is 4.39 Å². The highest BCUT2D eigenvalue weighted by Gasteiger charge is 2.24. The van der Waals surface area contributed by atoms with Crippen molar-refractivity contribution in [3.05, 3.63) is 55.9 Å². The maximum Gasteiger partial charge on any atom is 0.128 e. The van der Waals surface area contributed by atoms with Gasteiger partial charge in [0.05, 0.1) is 3.79 Å². The molecule has 1 aliphatic rings. The molecule has 0 saturated heterocycles. The Kier molecular flexibility index (Phi) is 3.41. The molecule has 1 aromatic heterocycles. The molecule has 98 valence electrons. The molecule has 1 N–H and O–H groups in total. The van der Waals surface area contributed by atoms with Gasteiger partial charge in [-0.25, -0.2) is 4.39 Å². The number of amidine groups is 1. The highest BCUT2D eigenvalue weighted by Crippen LogP contribution is 2.26. The summed E-state index contributed by atoms with van der Waals surface area (Å²) < 4.78 is 14.3. The average Bonchev–Trinajstić information content (AvgIpc) is 2.93. The van der Waals surface area contributed by atoms with E-state index in [-0.39, 0.29) is 5.82 Å². The molecule has 0 unspecified atom stereocenters. The Morgan fingerprint density at radius 1 is 1.32 bits per heavy atom. The Morgan fingerprint density at radius 3 is 2.89 bits per heavy atom. The molecule has 0 atom stereocenters. The van der Waals surface area contributed by atoms with Crippen molar-refractivity contribution < 1.29 is 4.39 Å². The van der Waals surface area contributed by atoms with Gasteiger partial charge < -0.3 is 4.90 Å². The molecule has 2 aromatic rings. The summed E-state index contributed by atoms with van der Waals surface area (Å²) in [6.45, 7) is 1.50. The van der Waals surface area contributed by atoms with Gasteiger partial charge >= 0.3 is 0 Å². The van der Waals surface area contributed by atoms with E-state index in [0.29, 0.717) is 12.4 Å². The lowest BCUT2D eigenvalue weighted by Gasteiger charge is -2.17. The van der Waals surface area contributed by atoms with E-state index in [1.54, 1.807) is 17.4 Å². The van der Waals surface area contributed by atoms with Crippen molar-refractivity contribution >= 4 is 33.1 Å². The molecular weight excluding hydrogens is 327 g/mol. The Morgan fingerprint density at radius 2 is 2.16 bits per heavy atom. The van der Waals surface area contributed by atoms with Crippen molar-refractivity contribution in [2.24, 2.45) is 0 Å². The summed E-state index contributed by atoms with van der Waals surface area (Å²) >= 11 is 5.17. The number of nitrogens with one attached hydrogen (secondary N) is 1. The number of fused-ring (bicyclic) bond motifs is 1. The van der Waals surface area contributed by atoms with Crippen LogP contribution in [-0.2, 0) is 13.0 Å². The Hall–Kier alpha value is -1.20. The molecular formula is C14H12BrFN2S. The van der Waals surface area contributed by atoms with Gasteiger partial charge in [-0.1, -0.05) is 6.07 Å². The minimum atomic E-state index is -0.271. The van der Waals surface area contributed by atoms with Crippen molar-refractivity contribution in [3.63, 3.8) is 0 Å². The van der Waals surface area contributed by atoms with Gasteiger partial charge in [-0.15, -0.1) is 11.3 Å². The zero-order valence-corrected chi connectivity index (χ0v) is 12.5. The van der Waals surface area contributed by atoms with Crippen molar-refractivity contribution in [2.75, 3.05) is 6.54 Å². The predicted molar refractivity (Wildman–Crippen MR) is 79.4 cm³/mol. The molecule has 2 nitrogen and oxygen atoms in total. The van der Waals surface area contributed by atoms with Crippen LogP contribution >= 0.6 is 27.3 Å². The first-order valence-corrected chi connectivity index (χ1v) is 7.61. The molecule has 0 aliphatic carbocycles. The largest absolute Gasteiger partial charge is 0.352 e. The summed E-state index contributed by atoms with van der Waals surface area (Å²) in [4.78, 5) is 3.29. The van der Waals surface area contributed by atoms with Crippen LogP contribution in [0.2, 0.25) is 0 Å².